The van der Waals surface area contributed by atoms with E-state index < -0.39 is 0 Å². The van der Waals surface area contributed by atoms with Gasteiger partial charge in [-0.05, 0) is 30.3 Å². The molecule has 160 valence electrons. The van der Waals surface area contributed by atoms with Crippen LogP contribution < -0.4 is 19.8 Å². The van der Waals surface area contributed by atoms with Gasteiger partial charge in [-0.3, -0.25) is 4.79 Å². The van der Waals surface area contributed by atoms with Crippen LogP contribution in [0.25, 0.3) is 10.9 Å². The van der Waals surface area contributed by atoms with Gasteiger partial charge in [-0.25, -0.2) is 4.98 Å². The molecule has 2 aromatic carbocycles. The molecule has 0 saturated carbocycles. The highest BCUT2D eigenvalue weighted by Crippen LogP contribution is 2.38. The summed E-state index contributed by atoms with van der Waals surface area (Å²) in [4.78, 5) is 17.8. The molecular weight excluding hydrogens is 464 g/mol. The molecule has 3 rings (SSSR count). The molecule has 0 aliphatic heterocycles. The Morgan fingerprint density at radius 1 is 1.23 bits per heavy atom. The molecule has 0 N–H and O–H groups in total. The summed E-state index contributed by atoms with van der Waals surface area (Å²) in [6, 6.07) is 10.7. The Hall–Kier alpha value is -3.38. The summed E-state index contributed by atoms with van der Waals surface area (Å²) in [6.07, 6.45) is 1.53. The number of aromatic nitrogens is 2. The Kier molecular flexibility index (Phi) is 6.92. The molecular formula is C22H21BrN4O4. The highest BCUT2D eigenvalue weighted by atomic mass is 79.9. The van der Waals surface area contributed by atoms with Crippen molar-refractivity contribution >= 4 is 33.0 Å². The molecule has 1 heterocycles. The lowest BCUT2D eigenvalue weighted by atomic mass is 10.2. The summed E-state index contributed by atoms with van der Waals surface area (Å²) in [5.41, 5.74) is 0.971. The van der Waals surface area contributed by atoms with Crippen LogP contribution in [0.5, 0.6) is 17.2 Å². The van der Waals surface area contributed by atoms with Gasteiger partial charge in [0.1, 0.15) is 11.9 Å². The van der Waals surface area contributed by atoms with Crippen molar-refractivity contribution < 1.29 is 14.2 Å². The molecule has 0 aliphatic rings. The van der Waals surface area contributed by atoms with Gasteiger partial charge in [0.2, 0.25) is 5.75 Å². The van der Waals surface area contributed by atoms with Crippen LogP contribution in [0.4, 0.5) is 0 Å². The van der Waals surface area contributed by atoms with Gasteiger partial charge in [0.25, 0.3) is 5.56 Å². The molecule has 3 aromatic rings. The third-order valence-corrected chi connectivity index (χ3v) is 4.93. The van der Waals surface area contributed by atoms with Gasteiger partial charge in [-0.1, -0.05) is 29.8 Å². The van der Waals surface area contributed by atoms with E-state index >= 15 is 0 Å². The molecule has 0 atom stereocenters. The molecule has 0 aliphatic carbocycles. The van der Waals surface area contributed by atoms with Crippen LogP contribution in [0.15, 0.2) is 44.7 Å². The van der Waals surface area contributed by atoms with Gasteiger partial charge >= 0.3 is 0 Å². The summed E-state index contributed by atoms with van der Waals surface area (Å²) in [6.45, 7) is 3.75. The van der Waals surface area contributed by atoms with E-state index in [2.05, 4.69) is 26.0 Å². The van der Waals surface area contributed by atoms with Gasteiger partial charge in [0, 0.05) is 16.0 Å². The number of hydrogen-bond acceptors (Lipinski definition) is 7. The van der Waals surface area contributed by atoms with Gasteiger partial charge in [-0.2, -0.15) is 15.0 Å². The predicted molar refractivity (Wildman–Crippen MR) is 121 cm³/mol. The average Bonchev–Trinajstić information content (AvgIpc) is 2.76. The predicted octanol–water partition coefficient (Wildman–Crippen LogP) is 4.08. The van der Waals surface area contributed by atoms with E-state index in [1.165, 1.54) is 25.1 Å². The van der Waals surface area contributed by atoms with Gasteiger partial charge in [0.05, 0.1) is 31.3 Å². The Morgan fingerprint density at radius 2 is 1.90 bits per heavy atom. The molecule has 31 heavy (non-hydrogen) atoms. The number of ether oxygens (including phenoxy) is 3. The Bertz CT molecular complexity index is 1220. The Morgan fingerprint density at radius 3 is 2.48 bits per heavy atom. The SMILES string of the molecule is COc1cc(C=Nn2c(C(C)C)nc3ccc(Br)cc3c2=O)cc(OC)c1OCC#N. The van der Waals surface area contributed by atoms with Crippen molar-refractivity contribution in [2.24, 2.45) is 5.10 Å². The van der Waals surface area contributed by atoms with Crippen molar-refractivity contribution in [1.82, 2.24) is 9.66 Å². The van der Waals surface area contributed by atoms with Crippen LogP contribution in [0.3, 0.4) is 0 Å². The Labute approximate surface area is 187 Å². The molecule has 0 unspecified atom stereocenters. The molecule has 9 heteroatoms. The van der Waals surface area contributed by atoms with Gasteiger partial charge in [0.15, 0.2) is 18.1 Å². The van der Waals surface area contributed by atoms with Crippen molar-refractivity contribution in [1.29, 1.82) is 5.26 Å². The van der Waals surface area contributed by atoms with Crippen molar-refractivity contribution in [3.05, 3.63) is 56.5 Å². The zero-order valence-electron chi connectivity index (χ0n) is 17.5. The average molecular weight is 485 g/mol. The number of fused-ring (bicyclic) bond motifs is 1. The number of nitrogens with zero attached hydrogens (tertiary/aromatic N) is 4. The molecule has 1 aromatic heterocycles. The van der Waals surface area contributed by atoms with Crippen molar-refractivity contribution in [3.8, 4) is 23.3 Å². The first-order valence-electron chi connectivity index (χ1n) is 9.42. The maximum Gasteiger partial charge on any atom is 0.282 e. The first-order chi connectivity index (χ1) is 14.9. The molecule has 0 bridgehead atoms. The quantitative estimate of drug-likeness (QED) is 0.468. The smallest absolute Gasteiger partial charge is 0.282 e. The second-order valence-corrected chi connectivity index (χ2v) is 7.76. The van der Waals surface area contributed by atoms with Gasteiger partial charge in [-0.15, -0.1) is 0 Å². The van der Waals surface area contributed by atoms with E-state index in [1.807, 2.05) is 26.0 Å². The van der Waals surface area contributed by atoms with Gasteiger partial charge < -0.3 is 14.2 Å². The third-order valence-electron chi connectivity index (χ3n) is 4.44. The van der Waals surface area contributed by atoms with Crippen LogP contribution in [0.2, 0.25) is 0 Å². The lowest BCUT2D eigenvalue weighted by molar-refractivity contribution is 0.303. The van der Waals surface area contributed by atoms with E-state index in [0.717, 1.165) is 4.47 Å². The number of halogens is 1. The molecule has 0 fully saturated rings. The normalized spacial score (nSPS) is 11.1. The highest BCUT2D eigenvalue weighted by molar-refractivity contribution is 9.10. The Balaban J connectivity index is 2.13. The summed E-state index contributed by atoms with van der Waals surface area (Å²) in [5.74, 6) is 1.61. The summed E-state index contributed by atoms with van der Waals surface area (Å²) in [5, 5.41) is 13.7. The molecule has 0 saturated heterocycles. The standard InChI is InChI=1S/C22H21BrN4O4/c1-13(2)21-26-17-6-5-15(23)11-16(17)22(28)27(21)25-12-14-9-18(29-3)20(31-8-7-24)19(10-14)30-4/h5-6,9-13H,8H2,1-4H3. The minimum absolute atomic E-state index is 0.0243. The number of methoxy groups -OCH3 is 2. The summed E-state index contributed by atoms with van der Waals surface area (Å²) >= 11 is 3.40. The number of hydrogen-bond donors (Lipinski definition) is 0. The van der Waals surface area contributed by atoms with Crippen LogP contribution in [-0.4, -0.2) is 36.7 Å². The molecule has 0 radical (unpaired) electrons. The zero-order valence-corrected chi connectivity index (χ0v) is 19.1. The summed E-state index contributed by atoms with van der Waals surface area (Å²) in [7, 11) is 2.98. The van der Waals surface area contributed by atoms with Crippen LogP contribution in [0.1, 0.15) is 31.2 Å². The second-order valence-electron chi connectivity index (χ2n) is 6.85. The maximum atomic E-state index is 13.1. The fourth-order valence-electron chi connectivity index (χ4n) is 3.00. The topological polar surface area (TPSA) is 98.7 Å². The van der Waals surface area contributed by atoms with E-state index in [1.54, 1.807) is 24.3 Å². The van der Waals surface area contributed by atoms with Crippen LogP contribution in [-0.2, 0) is 0 Å². The summed E-state index contributed by atoms with van der Waals surface area (Å²) < 4.78 is 18.3. The van der Waals surface area contributed by atoms with Crippen molar-refractivity contribution in [2.45, 2.75) is 19.8 Å². The minimum Gasteiger partial charge on any atom is -0.493 e. The fraction of sp³-hybridized carbons (Fsp3) is 0.273. The molecule has 8 nitrogen and oxygen atoms in total. The minimum atomic E-state index is -0.265. The van der Waals surface area contributed by atoms with E-state index in [4.69, 9.17) is 19.5 Å². The van der Waals surface area contributed by atoms with E-state index in [0.29, 0.717) is 39.5 Å². The second kappa shape index (κ2) is 9.62. The molecule has 0 amide bonds. The van der Waals surface area contributed by atoms with E-state index in [9.17, 15) is 4.79 Å². The monoisotopic (exact) mass is 484 g/mol. The first kappa shape index (κ1) is 22.3. The fourth-order valence-corrected chi connectivity index (χ4v) is 3.36. The number of rotatable bonds is 7. The van der Waals surface area contributed by atoms with Crippen molar-refractivity contribution in [2.75, 3.05) is 20.8 Å². The largest absolute Gasteiger partial charge is 0.493 e. The maximum absolute atomic E-state index is 13.1. The molecule has 0 spiro atoms. The van der Waals surface area contributed by atoms with Crippen LogP contribution >= 0.6 is 15.9 Å². The lowest BCUT2D eigenvalue weighted by Gasteiger charge is -2.14. The number of nitriles is 1. The first-order valence-corrected chi connectivity index (χ1v) is 10.2. The van der Waals surface area contributed by atoms with Crippen LogP contribution in [0, 0.1) is 11.3 Å². The highest BCUT2D eigenvalue weighted by Gasteiger charge is 2.16. The third kappa shape index (κ3) is 4.70. The van der Waals surface area contributed by atoms with Crippen molar-refractivity contribution in [3.63, 3.8) is 0 Å². The lowest BCUT2D eigenvalue weighted by Crippen LogP contribution is -2.23. The zero-order chi connectivity index (χ0) is 22.5. The van der Waals surface area contributed by atoms with E-state index in [-0.39, 0.29) is 18.1 Å². The number of benzene rings is 2.